The number of hydrogen-bond acceptors (Lipinski definition) is 4. The summed E-state index contributed by atoms with van der Waals surface area (Å²) in [6, 6.07) is 6.26. The first kappa shape index (κ1) is 13.9. The predicted octanol–water partition coefficient (Wildman–Crippen LogP) is 3.50. The summed E-state index contributed by atoms with van der Waals surface area (Å²) in [6.45, 7) is 6.42. The third-order valence-corrected chi connectivity index (χ3v) is 5.21. The number of aromatic nitrogens is 3. The summed E-state index contributed by atoms with van der Waals surface area (Å²) in [5.74, 6) is 1.73. The van der Waals surface area contributed by atoms with Crippen LogP contribution in [0.1, 0.15) is 30.7 Å². The van der Waals surface area contributed by atoms with E-state index in [1.165, 1.54) is 17.8 Å². The molecule has 1 fully saturated rings. The van der Waals surface area contributed by atoms with E-state index >= 15 is 0 Å². The van der Waals surface area contributed by atoms with Gasteiger partial charge < -0.3 is 4.57 Å². The average molecular weight is 312 g/mol. The summed E-state index contributed by atoms with van der Waals surface area (Å²) in [4.78, 5) is 11.9. The standard InChI is InChI=1S/C17H20N4S/c1-2-21-16(19-15-4-3-7-18-17(15)21)14-5-8-20(11-14)10-13-6-9-22-12-13/h3-4,6-7,9,12,14H,2,5,8,10-11H2,1H3. The molecule has 1 unspecified atom stereocenters. The quantitative estimate of drug-likeness (QED) is 0.739. The van der Waals surface area contributed by atoms with Gasteiger partial charge in [-0.05, 0) is 54.4 Å². The maximum absolute atomic E-state index is 4.87. The van der Waals surface area contributed by atoms with Crippen molar-refractivity contribution in [1.82, 2.24) is 19.4 Å². The first-order valence-corrected chi connectivity index (χ1v) is 8.84. The summed E-state index contributed by atoms with van der Waals surface area (Å²) in [5.41, 5.74) is 3.48. The summed E-state index contributed by atoms with van der Waals surface area (Å²) >= 11 is 1.78. The highest BCUT2D eigenvalue weighted by molar-refractivity contribution is 7.07. The Morgan fingerprint density at radius 2 is 2.32 bits per heavy atom. The maximum Gasteiger partial charge on any atom is 0.159 e. The molecular formula is C17H20N4S. The fourth-order valence-corrected chi connectivity index (χ4v) is 4.09. The lowest BCUT2D eigenvalue weighted by Gasteiger charge is -2.15. The van der Waals surface area contributed by atoms with Crippen molar-refractivity contribution in [3.8, 4) is 0 Å². The lowest BCUT2D eigenvalue weighted by molar-refractivity contribution is 0.325. The molecule has 3 aromatic heterocycles. The third kappa shape index (κ3) is 2.44. The number of thiophene rings is 1. The van der Waals surface area contributed by atoms with Gasteiger partial charge in [0.25, 0.3) is 0 Å². The second-order valence-corrected chi connectivity index (χ2v) is 6.69. The summed E-state index contributed by atoms with van der Waals surface area (Å²) in [7, 11) is 0. The monoisotopic (exact) mass is 312 g/mol. The molecule has 1 atom stereocenters. The van der Waals surface area contributed by atoms with Crippen LogP contribution in [0.2, 0.25) is 0 Å². The number of likely N-dealkylation sites (tertiary alicyclic amines) is 1. The Balaban J connectivity index is 1.58. The first-order valence-electron chi connectivity index (χ1n) is 7.89. The lowest BCUT2D eigenvalue weighted by atomic mass is 10.1. The molecule has 4 nitrogen and oxygen atoms in total. The summed E-state index contributed by atoms with van der Waals surface area (Å²) in [5, 5.41) is 4.41. The number of rotatable bonds is 4. The van der Waals surface area contributed by atoms with Gasteiger partial charge in [-0.3, -0.25) is 4.90 Å². The number of imidazole rings is 1. The van der Waals surface area contributed by atoms with Crippen LogP contribution >= 0.6 is 11.3 Å². The highest BCUT2D eigenvalue weighted by Gasteiger charge is 2.28. The van der Waals surface area contributed by atoms with E-state index < -0.39 is 0 Å². The largest absolute Gasteiger partial charge is 0.313 e. The summed E-state index contributed by atoms with van der Waals surface area (Å²) in [6.07, 6.45) is 3.05. The second kappa shape index (κ2) is 5.82. The average Bonchev–Trinajstić information content (AvgIpc) is 3.26. The highest BCUT2D eigenvalue weighted by Crippen LogP contribution is 2.29. The molecule has 0 N–H and O–H groups in total. The SMILES string of the molecule is CCn1c(C2CCN(Cc3ccsc3)C2)nc2cccnc21. The molecule has 0 amide bonds. The summed E-state index contributed by atoms with van der Waals surface area (Å²) < 4.78 is 2.29. The molecule has 4 rings (SSSR count). The number of pyridine rings is 1. The minimum absolute atomic E-state index is 0.521. The molecule has 5 heteroatoms. The Bertz CT molecular complexity index is 762. The van der Waals surface area contributed by atoms with Gasteiger partial charge in [0.15, 0.2) is 5.65 Å². The Kier molecular flexibility index (Phi) is 3.68. The highest BCUT2D eigenvalue weighted by atomic mass is 32.1. The Morgan fingerprint density at radius 3 is 3.14 bits per heavy atom. The second-order valence-electron chi connectivity index (χ2n) is 5.91. The maximum atomic E-state index is 4.87. The zero-order chi connectivity index (χ0) is 14.9. The van der Waals surface area contributed by atoms with Crippen molar-refractivity contribution in [2.75, 3.05) is 13.1 Å². The first-order chi connectivity index (χ1) is 10.8. The number of nitrogens with zero attached hydrogens (tertiary/aromatic N) is 4. The van der Waals surface area contributed by atoms with E-state index in [-0.39, 0.29) is 0 Å². The van der Waals surface area contributed by atoms with Crippen LogP contribution in [-0.4, -0.2) is 32.5 Å². The van der Waals surface area contributed by atoms with Crippen LogP contribution < -0.4 is 0 Å². The molecule has 22 heavy (non-hydrogen) atoms. The molecule has 114 valence electrons. The van der Waals surface area contributed by atoms with Crippen molar-refractivity contribution in [2.24, 2.45) is 0 Å². The molecule has 0 spiro atoms. The molecule has 1 aliphatic rings. The van der Waals surface area contributed by atoms with Crippen LogP contribution in [0, 0.1) is 0 Å². The van der Waals surface area contributed by atoms with Crippen LogP contribution in [0.25, 0.3) is 11.2 Å². The number of fused-ring (bicyclic) bond motifs is 1. The topological polar surface area (TPSA) is 34.0 Å². The Labute approximate surface area is 134 Å². The molecular weight excluding hydrogens is 292 g/mol. The minimum atomic E-state index is 0.521. The van der Waals surface area contributed by atoms with Crippen LogP contribution in [0.3, 0.4) is 0 Å². The van der Waals surface area contributed by atoms with Crippen LogP contribution in [-0.2, 0) is 13.1 Å². The molecule has 0 bridgehead atoms. The van der Waals surface area contributed by atoms with Gasteiger partial charge in [0.2, 0.25) is 0 Å². The van der Waals surface area contributed by atoms with E-state index in [0.29, 0.717) is 5.92 Å². The predicted molar refractivity (Wildman–Crippen MR) is 90.2 cm³/mol. The van der Waals surface area contributed by atoms with Crippen molar-refractivity contribution < 1.29 is 0 Å². The van der Waals surface area contributed by atoms with Crippen molar-refractivity contribution in [3.63, 3.8) is 0 Å². The van der Waals surface area contributed by atoms with Crippen LogP contribution in [0.15, 0.2) is 35.2 Å². The van der Waals surface area contributed by atoms with Gasteiger partial charge in [0.05, 0.1) is 0 Å². The van der Waals surface area contributed by atoms with E-state index in [9.17, 15) is 0 Å². The van der Waals surface area contributed by atoms with Crippen LogP contribution in [0.4, 0.5) is 0 Å². The van der Waals surface area contributed by atoms with E-state index in [2.05, 4.69) is 44.3 Å². The fraction of sp³-hybridized carbons (Fsp3) is 0.412. The van der Waals surface area contributed by atoms with Crippen molar-refractivity contribution in [1.29, 1.82) is 0 Å². The van der Waals surface area contributed by atoms with Crippen molar-refractivity contribution in [2.45, 2.75) is 32.4 Å². The molecule has 4 heterocycles. The van der Waals surface area contributed by atoms with Gasteiger partial charge in [-0.15, -0.1) is 0 Å². The third-order valence-electron chi connectivity index (χ3n) is 4.47. The lowest BCUT2D eigenvalue weighted by Crippen LogP contribution is -2.20. The Hall–Kier alpha value is -1.72. The van der Waals surface area contributed by atoms with Gasteiger partial charge >= 0.3 is 0 Å². The van der Waals surface area contributed by atoms with Crippen molar-refractivity contribution >= 4 is 22.5 Å². The molecule has 0 aromatic carbocycles. The zero-order valence-corrected chi connectivity index (χ0v) is 13.6. The zero-order valence-electron chi connectivity index (χ0n) is 12.8. The smallest absolute Gasteiger partial charge is 0.159 e. The van der Waals surface area contributed by atoms with E-state index in [1.807, 2.05) is 12.3 Å². The van der Waals surface area contributed by atoms with E-state index in [1.54, 1.807) is 11.3 Å². The normalized spacial score (nSPS) is 19.2. The Morgan fingerprint density at radius 1 is 1.36 bits per heavy atom. The van der Waals surface area contributed by atoms with Gasteiger partial charge in [-0.1, -0.05) is 0 Å². The van der Waals surface area contributed by atoms with Crippen molar-refractivity contribution in [3.05, 3.63) is 46.5 Å². The van der Waals surface area contributed by atoms with E-state index in [4.69, 9.17) is 4.98 Å². The van der Waals surface area contributed by atoms with Crippen LogP contribution in [0.5, 0.6) is 0 Å². The minimum Gasteiger partial charge on any atom is -0.313 e. The van der Waals surface area contributed by atoms with Gasteiger partial charge in [-0.25, -0.2) is 9.97 Å². The number of hydrogen-bond donors (Lipinski definition) is 0. The van der Waals surface area contributed by atoms with Gasteiger partial charge in [0, 0.05) is 31.7 Å². The molecule has 1 aliphatic heterocycles. The fourth-order valence-electron chi connectivity index (χ4n) is 3.43. The van der Waals surface area contributed by atoms with Gasteiger partial charge in [-0.2, -0.15) is 11.3 Å². The molecule has 0 aliphatic carbocycles. The molecule has 3 aromatic rings. The van der Waals surface area contributed by atoms with E-state index in [0.717, 1.165) is 37.3 Å². The molecule has 1 saturated heterocycles. The molecule has 0 saturated carbocycles. The molecule has 0 radical (unpaired) electrons. The van der Waals surface area contributed by atoms with Gasteiger partial charge in [0.1, 0.15) is 11.3 Å². The number of aryl methyl sites for hydroxylation is 1.